The van der Waals surface area contributed by atoms with Crippen LogP contribution in [0.1, 0.15) is 42.2 Å². The van der Waals surface area contributed by atoms with Crippen LogP contribution in [0.25, 0.3) is 5.69 Å². The maximum atomic E-state index is 13.3. The van der Waals surface area contributed by atoms with Gasteiger partial charge in [-0.05, 0) is 30.5 Å². The van der Waals surface area contributed by atoms with Crippen LogP contribution in [0.15, 0.2) is 30.5 Å². The molecule has 28 heavy (non-hydrogen) atoms. The number of rotatable bonds is 4. The number of aromatic nitrogens is 2. The van der Waals surface area contributed by atoms with Gasteiger partial charge >= 0.3 is 0 Å². The molecular formula is C21H27ClN4O2. The van der Waals surface area contributed by atoms with E-state index in [1.165, 1.54) is 0 Å². The Morgan fingerprint density at radius 2 is 2.04 bits per heavy atom. The van der Waals surface area contributed by atoms with Crippen LogP contribution >= 0.6 is 11.6 Å². The Labute approximate surface area is 171 Å². The van der Waals surface area contributed by atoms with Crippen molar-refractivity contribution in [3.05, 3.63) is 46.7 Å². The van der Waals surface area contributed by atoms with Crippen LogP contribution in [0, 0.1) is 0 Å². The van der Waals surface area contributed by atoms with Gasteiger partial charge in [-0.2, -0.15) is 5.10 Å². The van der Waals surface area contributed by atoms with Crippen molar-refractivity contribution in [3.63, 3.8) is 0 Å². The Hall–Kier alpha value is -1.89. The van der Waals surface area contributed by atoms with E-state index in [4.69, 9.17) is 16.3 Å². The van der Waals surface area contributed by atoms with Crippen LogP contribution in [0.4, 0.5) is 0 Å². The molecule has 0 spiro atoms. The summed E-state index contributed by atoms with van der Waals surface area (Å²) < 4.78 is 7.35. The second kappa shape index (κ2) is 8.23. The third kappa shape index (κ3) is 3.81. The lowest BCUT2D eigenvalue weighted by molar-refractivity contribution is 0.0548. The van der Waals surface area contributed by atoms with Crippen molar-refractivity contribution >= 4 is 17.5 Å². The van der Waals surface area contributed by atoms with E-state index in [1.54, 1.807) is 6.20 Å². The minimum Gasteiger partial charge on any atom is -0.380 e. The summed E-state index contributed by atoms with van der Waals surface area (Å²) >= 11 is 6.16. The van der Waals surface area contributed by atoms with Gasteiger partial charge in [-0.3, -0.25) is 9.69 Å². The summed E-state index contributed by atoms with van der Waals surface area (Å²) in [6, 6.07) is 8.08. The van der Waals surface area contributed by atoms with Gasteiger partial charge in [0.15, 0.2) is 0 Å². The van der Waals surface area contributed by atoms with Gasteiger partial charge in [0.25, 0.3) is 5.91 Å². The number of amides is 1. The van der Waals surface area contributed by atoms with Crippen molar-refractivity contribution in [1.29, 1.82) is 0 Å². The average molecular weight is 403 g/mol. The maximum absolute atomic E-state index is 13.3. The van der Waals surface area contributed by atoms with Crippen molar-refractivity contribution in [2.75, 3.05) is 39.4 Å². The van der Waals surface area contributed by atoms with Crippen molar-refractivity contribution in [2.45, 2.75) is 32.2 Å². The predicted octanol–water partition coefficient (Wildman–Crippen LogP) is 3.20. The molecule has 1 aromatic heterocycles. The molecule has 2 fully saturated rings. The van der Waals surface area contributed by atoms with E-state index >= 15 is 0 Å². The quantitative estimate of drug-likeness (QED) is 0.788. The van der Waals surface area contributed by atoms with Crippen LogP contribution in [-0.2, 0) is 4.74 Å². The highest BCUT2D eigenvalue weighted by molar-refractivity contribution is 6.30. The number of halogens is 1. The van der Waals surface area contributed by atoms with E-state index in [-0.39, 0.29) is 11.8 Å². The van der Waals surface area contributed by atoms with Gasteiger partial charge in [0.2, 0.25) is 0 Å². The minimum atomic E-state index is 0.0688. The summed E-state index contributed by atoms with van der Waals surface area (Å²) in [4.78, 5) is 17.7. The first-order chi connectivity index (χ1) is 13.5. The zero-order valence-electron chi connectivity index (χ0n) is 16.5. The molecule has 6 nitrogen and oxygen atoms in total. The Morgan fingerprint density at radius 3 is 2.68 bits per heavy atom. The standard InChI is InChI=1S/C21H27ClN4O2/c1-15(2)20-19(13-23-26(20)17-5-3-4-16(22)12-17)21(27)25-9-7-24(8-10-25)18-6-11-28-14-18/h3-5,12-13,15,18H,6-11,14H2,1-2H3. The molecule has 0 N–H and O–H groups in total. The smallest absolute Gasteiger partial charge is 0.257 e. The van der Waals surface area contributed by atoms with Gasteiger partial charge in [0.1, 0.15) is 0 Å². The first kappa shape index (κ1) is 19.4. The maximum Gasteiger partial charge on any atom is 0.257 e. The first-order valence-corrected chi connectivity index (χ1v) is 10.4. The Bertz CT molecular complexity index is 837. The summed E-state index contributed by atoms with van der Waals surface area (Å²) in [5.74, 6) is 0.233. The van der Waals surface area contributed by atoms with E-state index in [9.17, 15) is 4.79 Å². The largest absolute Gasteiger partial charge is 0.380 e. The fraction of sp³-hybridized carbons (Fsp3) is 0.524. The van der Waals surface area contributed by atoms with Crippen LogP contribution in [0.3, 0.4) is 0 Å². The zero-order chi connectivity index (χ0) is 19.7. The molecule has 1 unspecified atom stereocenters. The highest BCUT2D eigenvalue weighted by Gasteiger charge is 2.31. The van der Waals surface area contributed by atoms with Gasteiger partial charge in [0.05, 0.1) is 29.7 Å². The van der Waals surface area contributed by atoms with E-state index in [0.29, 0.717) is 16.6 Å². The number of carbonyl (C=O) groups is 1. The van der Waals surface area contributed by atoms with Gasteiger partial charge in [-0.25, -0.2) is 4.68 Å². The minimum absolute atomic E-state index is 0.0688. The molecule has 2 aromatic rings. The second-order valence-corrected chi connectivity index (χ2v) is 8.27. The monoisotopic (exact) mass is 402 g/mol. The molecular weight excluding hydrogens is 376 g/mol. The van der Waals surface area contributed by atoms with Gasteiger partial charge in [-0.1, -0.05) is 31.5 Å². The van der Waals surface area contributed by atoms with Crippen LogP contribution in [0.5, 0.6) is 0 Å². The van der Waals surface area contributed by atoms with E-state index < -0.39 is 0 Å². The highest BCUT2D eigenvalue weighted by Crippen LogP contribution is 2.26. The molecule has 4 rings (SSSR count). The lowest BCUT2D eigenvalue weighted by atomic mass is 10.0. The molecule has 0 saturated carbocycles. The predicted molar refractivity (Wildman–Crippen MR) is 109 cm³/mol. The number of ether oxygens (including phenoxy) is 1. The number of hydrogen-bond donors (Lipinski definition) is 0. The topological polar surface area (TPSA) is 50.6 Å². The van der Waals surface area contributed by atoms with E-state index in [0.717, 1.165) is 57.2 Å². The summed E-state index contributed by atoms with van der Waals surface area (Å²) in [7, 11) is 0. The third-order valence-electron chi connectivity index (χ3n) is 5.66. The summed E-state index contributed by atoms with van der Waals surface area (Å²) in [5, 5.41) is 5.18. The molecule has 0 radical (unpaired) electrons. The van der Waals surface area contributed by atoms with Crippen molar-refractivity contribution in [3.8, 4) is 5.69 Å². The number of piperazine rings is 1. The first-order valence-electron chi connectivity index (χ1n) is 9.99. The van der Waals surface area contributed by atoms with E-state index in [2.05, 4.69) is 23.8 Å². The molecule has 0 aliphatic carbocycles. The molecule has 150 valence electrons. The SMILES string of the molecule is CC(C)c1c(C(=O)N2CCN(C3CCOC3)CC2)cnn1-c1cccc(Cl)c1. The molecule has 2 aliphatic rings. The molecule has 3 heterocycles. The molecule has 1 aromatic carbocycles. The van der Waals surface area contributed by atoms with Crippen LogP contribution in [0.2, 0.25) is 5.02 Å². The van der Waals surface area contributed by atoms with Crippen molar-refractivity contribution in [1.82, 2.24) is 19.6 Å². The lowest BCUT2D eigenvalue weighted by Gasteiger charge is -2.37. The molecule has 0 bridgehead atoms. The highest BCUT2D eigenvalue weighted by atomic mass is 35.5. The Kier molecular flexibility index (Phi) is 5.71. The number of hydrogen-bond acceptors (Lipinski definition) is 4. The van der Waals surface area contributed by atoms with E-state index in [1.807, 2.05) is 33.8 Å². The zero-order valence-corrected chi connectivity index (χ0v) is 17.2. The summed E-state index contributed by atoms with van der Waals surface area (Å²) in [6.07, 6.45) is 2.80. The Balaban J connectivity index is 1.53. The average Bonchev–Trinajstić information content (AvgIpc) is 3.37. The number of benzene rings is 1. The second-order valence-electron chi connectivity index (χ2n) is 7.84. The molecule has 1 atom stereocenters. The molecule has 1 amide bonds. The fourth-order valence-electron chi connectivity index (χ4n) is 4.16. The van der Waals surface area contributed by atoms with Crippen LogP contribution in [-0.4, -0.2) is 70.9 Å². The lowest BCUT2D eigenvalue weighted by Crippen LogP contribution is -2.52. The summed E-state index contributed by atoms with van der Waals surface area (Å²) in [5.41, 5.74) is 2.49. The van der Waals surface area contributed by atoms with Crippen LogP contribution < -0.4 is 0 Å². The van der Waals surface area contributed by atoms with Gasteiger partial charge in [0, 0.05) is 43.9 Å². The molecule has 7 heteroatoms. The van der Waals surface area contributed by atoms with Crippen molar-refractivity contribution in [2.24, 2.45) is 0 Å². The normalized spacial score (nSPS) is 20.9. The van der Waals surface area contributed by atoms with Gasteiger partial charge in [-0.15, -0.1) is 0 Å². The summed E-state index contributed by atoms with van der Waals surface area (Å²) in [6.45, 7) is 9.14. The molecule has 2 aliphatic heterocycles. The van der Waals surface area contributed by atoms with Crippen molar-refractivity contribution < 1.29 is 9.53 Å². The van der Waals surface area contributed by atoms with Gasteiger partial charge < -0.3 is 9.64 Å². The number of nitrogens with zero attached hydrogens (tertiary/aromatic N) is 4. The molecule has 2 saturated heterocycles. The Morgan fingerprint density at radius 1 is 1.25 bits per heavy atom. The fourth-order valence-corrected chi connectivity index (χ4v) is 4.35. The third-order valence-corrected chi connectivity index (χ3v) is 5.90. The number of carbonyl (C=O) groups excluding carboxylic acids is 1.